The summed E-state index contributed by atoms with van der Waals surface area (Å²) in [6.45, 7) is 1.47. The molecule has 1 aromatic carbocycles. The third kappa shape index (κ3) is 2.94. The minimum atomic E-state index is -1.51. The Morgan fingerprint density at radius 2 is 1.87 bits per heavy atom. The molecule has 0 aliphatic heterocycles. The SMILES string of the molecule is COc1cc(C#C[C@](C)(O)C2(C#N)CC2)c(C(=O)O)cc1OC. The van der Waals surface area contributed by atoms with E-state index in [9.17, 15) is 20.3 Å². The minimum Gasteiger partial charge on any atom is -0.493 e. The third-order valence-electron chi connectivity index (χ3n) is 4.09. The van der Waals surface area contributed by atoms with Crippen LogP contribution in [0.5, 0.6) is 11.5 Å². The van der Waals surface area contributed by atoms with Crippen LogP contribution in [-0.4, -0.2) is 36.0 Å². The van der Waals surface area contributed by atoms with Crippen LogP contribution in [0.25, 0.3) is 0 Å². The highest BCUT2D eigenvalue weighted by molar-refractivity contribution is 5.92. The van der Waals surface area contributed by atoms with Crippen LogP contribution in [0, 0.1) is 28.6 Å². The number of rotatable bonds is 4. The summed E-state index contributed by atoms with van der Waals surface area (Å²) >= 11 is 0. The maximum absolute atomic E-state index is 11.4. The predicted octanol–water partition coefficient (Wildman–Crippen LogP) is 1.81. The van der Waals surface area contributed by atoms with Gasteiger partial charge in [0.15, 0.2) is 11.5 Å². The Kier molecular flexibility index (Phi) is 4.22. The molecule has 0 amide bonds. The zero-order chi connectivity index (χ0) is 17.3. The van der Waals surface area contributed by atoms with Crippen molar-refractivity contribution in [2.75, 3.05) is 14.2 Å². The van der Waals surface area contributed by atoms with Gasteiger partial charge in [-0.3, -0.25) is 0 Å². The lowest BCUT2D eigenvalue weighted by atomic mass is 9.87. The zero-order valence-electron chi connectivity index (χ0n) is 13.1. The van der Waals surface area contributed by atoms with Gasteiger partial charge in [0.1, 0.15) is 5.60 Å². The highest BCUT2D eigenvalue weighted by Gasteiger charge is 2.56. The molecule has 1 aromatic rings. The van der Waals surface area contributed by atoms with Gasteiger partial charge in [-0.25, -0.2) is 4.79 Å². The molecule has 1 fully saturated rings. The smallest absolute Gasteiger partial charge is 0.337 e. The Morgan fingerprint density at radius 3 is 2.30 bits per heavy atom. The lowest BCUT2D eigenvalue weighted by Crippen LogP contribution is -2.33. The number of carboxylic acids is 1. The maximum atomic E-state index is 11.4. The second kappa shape index (κ2) is 5.83. The van der Waals surface area contributed by atoms with Gasteiger partial charge in [-0.15, -0.1) is 0 Å². The number of carbonyl (C=O) groups is 1. The van der Waals surface area contributed by atoms with Crippen molar-refractivity contribution in [2.45, 2.75) is 25.4 Å². The summed E-state index contributed by atoms with van der Waals surface area (Å²) in [5.41, 5.74) is -2.26. The van der Waals surface area contributed by atoms with E-state index in [0.29, 0.717) is 18.6 Å². The van der Waals surface area contributed by atoms with Gasteiger partial charge in [0.25, 0.3) is 0 Å². The largest absolute Gasteiger partial charge is 0.493 e. The fraction of sp³-hybridized carbons (Fsp3) is 0.412. The summed E-state index contributed by atoms with van der Waals surface area (Å²) in [6, 6.07) is 4.85. The van der Waals surface area contributed by atoms with Crippen molar-refractivity contribution < 1.29 is 24.5 Å². The van der Waals surface area contributed by atoms with Gasteiger partial charge in [-0.05, 0) is 25.8 Å². The lowest BCUT2D eigenvalue weighted by Gasteiger charge is -2.21. The predicted molar refractivity (Wildman–Crippen MR) is 81.3 cm³/mol. The van der Waals surface area contributed by atoms with Crippen LogP contribution in [0.1, 0.15) is 35.7 Å². The summed E-state index contributed by atoms with van der Waals surface area (Å²) in [5.74, 6) is 4.75. The number of nitriles is 1. The van der Waals surface area contributed by atoms with Crippen LogP contribution >= 0.6 is 0 Å². The van der Waals surface area contributed by atoms with E-state index >= 15 is 0 Å². The number of ether oxygens (including phenoxy) is 2. The van der Waals surface area contributed by atoms with E-state index in [-0.39, 0.29) is 16.9 Å². The van der Waals surface area contributed by atoms with Crippen molar-refractivity contribution in [3.63, 3.8) is 0 Å². The van der Waals surface area contributed by atoms with E-state index < -0.39 is 17.0 Å². The quantitative estimate of drug-likeness (QED) is 0.822. The second-order valence-corrected chi connectivity index (χ2v) is 5.57. The molecule has 0 spiro atoms. The molecule has 23 heavy (non-hydrogen) atoms. The standard InChI is InChI=1S/C17H17NO5/c1-16(21,17(10-18)6-7-17)5-4-11-8-13(22-2)14(23-3)9-12(11)15(19)20/h8-9,21H,6-7H2,1-3H3,(H,19,20)/t16-/m0/s1. The number of nitrogens with zero attached hydrogens (tertiary/aromatic N) is 1. The Balaban J connectivity index is 2.50. The number of benzene rings is 1. The van der Waals surface area contributed by atoms with Crippen molar-refractivity contribution in [1.29, 1.82) is 5.26 Å². The molecule has 0 bridgehead atoms. The fourth-order valence-electron chi connectivity index (χ4n) is 2.30. The summed E-state index contributed by atoms with van der Waals surface area (Å²) in [4.78, 5) is 11.4. The topological polar surface area (TPSA) is 99.8 Å². The molecule has 2 rings (SSSR count). The summed E-state index contributed by atoms with van der Waals surface area (Å²) in [7, 11) is 2.84. The molecule has 0 heterocycles. The Hall–Kier alpha value is -2.70. The molecule has 6 heteroatoms. The molecule has 1 atom stereocenters. The van der Waals surface area contributed by atoms with E-state index in [0.717, 1.165) is 0 Å². The molecule has 0 aromatic heterocycles. The first-order valence-corrected chi connectivity index (χ1v) is 6.96. The first-order valence-electron chi connectivity index (χ1n) is 6.96. The second-order valence-electron chi connectivity index (χ2n) is 5.57. The van der Waals surface area contributed by atoms with Crippen LogP contribution in [0.15, 0.2) is 12.1 Å². The number of aliphatic hydroxyl groups is 1. The van der Waals surface area contributed by atoms with E-state index in [1.807, 2.05) is 0 Å². The van der Waals surface area contributed by atoms with Crippen LogP contribution in [0.4, 0.5) is 0 Å². The van der Waals surface area contributed by atoms with Crippen LogP contribution < -0.4 is 9.47 Å². The average Bonchev–Trinajstić information content (AvgIpc) is 3.33. The lowest BCUT2D eigenvalue weighted by molar-refractivity contribution is 0.0676. The van der Waals surface area contributed by atoms with Gasteiger partial charge in [0.2, 0.25) is 0 Å². The van der Waals surface area contributed by atoms with E-state index in [1.165, 1.54) is 33.3 Å². The van der Waals surface area contributed by atoms with E-state index in [1.54, 1.807) is 0 Å². The van der Waals surface area contributed by atoms with Gasteiger partial charge in [0, 0.05) is 11.6 Å². The van der Waals surface area contributed by atoms with Gasteiger partial charge >= 0.3 is 5.97 Å². The van der Waals surface area contributed by atoms with Crippen molar-refractivity contribution >= 4 is 5.97 Å². The maximum Gasteiger partial charge on any atom is 0.337 e. The molecule has 1 aliphatic carbocycles. The molecule has 0 saturated heterocycles. The van der Waals surface area contributed by atoms with Crippen LogP contribution in [0.2, 0.25) is 0 Å². The molecule has 0 unspecified atom stereocenters. The summed E-state index contributed by atoms with van der Waals surface area (Å²) in [6.07, 6.45) is 1.14. The molecule has 0 radical (unpaired) electrons. The molecule has 2 N–H and O–H groups in total. The Bertz CT molecular complexity index is 745. The van der Waals surface area contributed by atoms with Crippen molar-refractivity contribution in [3.05, 3.63) is 23.3 Å². The van der Waals surface area contributed by atoms with E-state index in [2.05, 4.69) is 17.9 Å². The molecular formula is C17H17NO5. The van der Waals surface area contributed by atoms with Crippen LogP contribution in [-0.2, 0) is 0 Å². The molecular weight excluding hydrogens is 298 g/mol. The average molecular weight is 315 g/mol. The Morgan fingerprint density at radius 1 is 1.30 bits per heavy atom. The highest BCUT2D eigenvalue weighted by atomic mass is 16.5. The number of hydrogen-bond acceptors (Lipinski definition) is 5. The van der Waals surface area contributed by atoms with Gasteiger partial charge < -0.3 is 19.7 Å². The molecule has 6 nitrogen and oxygen atoms in total. The van der Waals surface area contributed by atoms with Gasteiger partial charge in [0.05, 0.1) is 31.3 Å². The molecule has 1 aliphatic rings. The highest BCUT2D eigenvalue weighted by Crippen LogP contribution is 2.53. The van der Waals surface area contributed by atoms with Crippen molar-refractivity contribution in [3.8, 4) is 29.4 Å². The number of aromatic carboxylic acids is 1. The molecule has 120 valence electrons. The fourth-order valence-corrected chi connectivity index (χ4v) is 2.30. The van der Waals surface area contributed by atoms with Gasteiger partial charge in [-0.2, -0.15) is 5.26 Å². The van der Waals surface area contributed by atoms with Crippen molar-refractivity contribution in [1.82, 2.24) is 0 Å². The molecule has 1 saturated carbocycles. The number of methoxy groups -OCH3 is 2. The van der Waals surface area contributed by atoms with Crippen molar-refractivity contribution in [2.24, 2.45) is 5.41 Å². The van der Waals surface area contributed by atoms with Gasteiger partial charge in [-0.1, -0.05) is 11.8 Å². The zero-order valence-corrected chi connectivity index (χ0v) is 13.1. The normalized spacial score (nSPS) is 17.0. The Labute approximate surface area is 134 Å². The monoisotopic (exact) mass is 315 g/mol. The number of carboxylic acid groups (broad SMARTS) is 1. The minimum absolute atomic E-state index is 0.0623. The summed E-state index contributed by atoms with van der Waals surface area (Å²) < 4.78 is 10.2. The summed E-state index contributed by atoms with van der Waals surface area (Å²) in [5, 5.41) is 28.9. The van der Waals surface area contributed by atoms with E-state index in [4.69, 9.17) is 9.47 Å². The first kappa shape index (κ1) is 16.7. The third-order valence-corrected chi connectivity index (χ3v) is 4.09. The van der Waals surface area contributed by atoms with Crippen LogP contribution in [0.3, 0.4) is 0 Å². The number of hydrogen-bond donors (Lipinski definition) is 2. The first-order chi connectivity index (χ1) is 10.8.